The van der Waals surface area contributed by atoms with Gasteiger partial charge in [0, 0.05) is 42.3 Å². The fourth-order valence-electron chi connectivity index (χ4n) is 4.93. The van der Waals surface area contributed by atoms with Crippen LogP contribution in [-0.2, 0) is 50.7 Å². The van der Waals surface area contributed by atoms with E-state index in [1.807, 2.05) is 0 Å². The first kappa shape index (κ1) is 45.6. The van der Waals surface area contributed by atoms with Crippen LogP contribution in [0.4, 0.5) is 5.82 Å². The van der Waals surface area contributed by atoms with E-state index in [1.54, 1.807) is 11.8 Å². The average Bonchev–Trinajstić information content (AvgIpc) is 3.84. The van der Waals surface area contributed by atoms with Gasteiger partial charge in [-0.25, -0.2) is 28.6 Å². The van der Waals surface area contributed by atoms with Crippen molar-refractivity contribution in [3.8, 4) is 0 Å². The highest BCUT2D eigenvalue weighted by molar-refractivity contribution is 8.13. The van der Waals surface area contributed by atoms with Crippen molar-refractivity contribution in [2.24, 2.45) is 5.41 Å². The molecule has 0 radical (unpaired) electrons. The van der Waals surface area contributed by atoms with Crippen molar-refractivity contribution in [2.75, 3.05) is 49.4 Å². The number of amides is 2. The number of hydrogen-bond donors (Lipinski definition) is 10. The monoisotopic (exact) mass is 882 g/mol. The van der Waals surface area contributed by atoms with Crippen molar-refractivity contribution in [3.05, 3.63) is 12.7 Å². The molecule has 2 aliphatic heterocycles. The van der Waals surface area contributed by atoms with E-state index in [0.29, 0.717) is 17.4 Å². The molecule has 310 valence electrons. The van der Waals surface area contributed by atoms with Gasteiger partial charge in [-0.2, -0.15) is 4.31 Å². The number of hydrogen-bond acceptors (Lipinski definition) is 20. The van der Waals surface area contributed by atoms with E-state index in [2.05, 4.69) is 39.7 Å². The second-order valence-corrected chi connectivity index (χ2v) is 18.9. The Balaban J connectivity index is 1.23. The number of carbonyl (C=O) groups is 3. The smallest absolute Gasteiger partial charge is 0.386 e. The number of aliphatic hydroxyl groups is 2. The molecule has 2 aromatic rings. The topological polar surface area (TPSA) is 376 Å². The third-order valence-electron chi connectivity index (χ3n) is 7.75. The number of ether oxygens (including phenoxy) is 1. The second kappa shape index (κ2) is 19.1. The van der Waals surface area contributed by atoms with E-state index in [4.69, 9.17) is 19.5 Å². The number of fused-ring (bicyclic) bond motifs is 1. The number of phosphoric acid groups is 3. The standard InChI is InChI=1S/C25H41N8O17P3S2/c1-25(2,19(36)22(37)28-4-3-15(34)27-5-6-55-24(38)13-8-54-12-32-13)9-47-53(44,45)50-52(42,43)46-7-14-18(49-51(39,40)41)17(35)23(48-14)33-11-31-16-20(26)29-10-30-21(16)33/h10-11,13-14,17-19,23,32,35-36H,3-9,12H2,1-2H3,(H,27,34)(H,28,37)(H,42,43)(H,44,45)(H2,26,29,30)(H2,39,40,41). The van der Waals surface area contributed by atoms with E-state index in [0.717, 1.165) is 29.0 Å². The van der Waals surface area contributed by atoms with Gasteiger partial charge in [0.1, 0.15) is 36.3 Å². The lowest BCUT2D eigenvalue weighted by Crippen LogP contribution is -2.46. The number of nitrogens with zero attached hydrogens (tertiary/aromatic N) is 4. The molecule has 55 heavy (non-hydrogen) atoms. The zero-order valence-electron chi connectivity index (χ0n) is 29.0. The summed E-state index contributed by atoms with van der Waals surface area (Å²) in [5.41, 5.74) is 4.26. The third kappa shape index (κ3) is 13.2. The molecule has 2 saturated heterocycles. The minimum atomic E-state index is -5.57. The number of carbonyl (C=O) groups excluding carboxylic acids is 3. The van der Waals surface area contributed by atoms with Gasteiger partial charge in [0.25, 0.3) is 0 Å². The summed E-state index contributed by atoms with van der Waals surface area (Å²) < 4.78 is 62.1. The first-order valence-electron chi connectivity index (χ1n) is 16.0. The van der Waals surface area contributed by atoms with Gasteiger partial charge in [-0.15, -0.1) is 11.8 Å². The van der Waals surface area contributed by atoms with Crippen LogP contribution in [0.5, 0.6) is 0 Å². The SMILES string of the molecule is CC(C)(COP(=O)(O)OP(=O)(O)OCC1OC(n2cnc3c(N)ncnc32)C(O)C1OP(=O)(O)O)C(O)C(=O)NCCC(=O)NCCSC(=O)C1CSCN1. The van der Waals surface area contributed by atoms with Crippen LogP contribution >= 0.6 is 47.0 Å². The maximum Gasteiger partial charge on any atom is 0.481 e. The first-order chi connectivity index (χ1) is 25.6. The largest absolute Gasteiger partial charge is 0.481 e. The number of aromatic nitrogens is 4. The summed E-state index contributed by atoms with van der Waals surface area (Å²) in [5, 5.41) is 29.4. The van der Waals surface area contributed by atoms with Crippen molar-refractivity contribution in [1.29, 1.82) is 0 Å². The van der Waals surface area contributed by atoms with Crippen LogP contribution in [0.25, 0.3) is 11.2 Å². The molecule has 0 aromatic carbocycles. The minimum Gasteiger partial charge on any atom is -0.386 e. The van der Waals surface area contributed by atoms with Gasteiger partial charge in [0.05, 0.1) is 25.6 Å². The maximum absolute atomic E-state index is 12.7. The third-order valence-corrected chi connectivity index (χ3v) is 12.8. The lowest BCUT2D eigenvalue weighted by Gasteiger charge is -2.30. The van der Waals surface area contributed by atoms with Gasteiger partial charge >= 0.3 is 23.5 Å². The molecule has 4 heterocycles. The van der Waals surface area contributed by atoms with Crippen LogP contribution in [0.15, 0.2) is 12.7 Å². The van der Waals surface area contributed by atoms with Gasteiger partial charge in [-0.05, 0) is 0 Å². The second-order valence-electron chi connectivity index (χ2n) is 12.5. The molecule has 2 aliphatic rings. The molecule has 0 bridgehead atoms. The zero-order chi connectivity index (χ0) is 40.8. The van der Waals surface area contributed by atoms with Crippen molar-refractivity contribution >= 4 is 80.9 Å². The van der Waals surface area contributed by atoms with E-state index in [9.17, 15) is 57.9 Å². The van der Waals surface area contributed by atoms with Crippen LogP contribution in [0.3, 0.4) is 0 Å². The molecule has 0 aliphatic carbocycles. The normalized spacial score (nSPS) is 24.6. The molecule has 8 unspecified atom stereocenters. The highest BCUT2D eigenvalue weighted by Gasteiger charge is 2.50. The van der Waals surface area contributed by atoms with E-state index < -0.39 is 84.6 Å². The predicted octanol–water partition coefficient (Wildman–Crippen LogP) is -1.67. The van der Waals surface area contributed by atoms with Crippen molar-refractivity contribution < 1.29 is 80.5 Å². The molecule has 0 spiro atoms. The number of rotatable bonds is 20. The summed E-state index contributed by atoms with van der Waals surface area (Å²) in [6.07, 6.45) is -6.90. The summed E-state index contributed by atoms with van der Waals surface area (Å²) in [5.74, 6) is 0.307. The molecule has 30 heteroatoms. The lowest BCUT2D eigenvalue weighted by molar-refractivity contribution is -0.137. The summed E-state index contributed by atoms with van der Waals surface area (Å²) >= 11 is 2.71. The molecule has 2 fully saturated rings. The maximum atomic E-state index is 12.7. The Hall–Kier alpha value is -2.13. The number of phosphoric ester groups is 3. The first-order valence-corrected chi connectivity index (χ1v) is 22.6. The quantitative estimate of drug-likeness (QED) is 0.0525. The molecular formula is C25H41N8O17P3S2. The molecule has 2 amide bonds. The Morgan fingerprint density at radius 3 is 2.51 bits per heavy atom. The number of nitrogens with one attached hydrogen (secondary N) is 3. The van der Waals surface area contributed by atoms with Crippen molar-refractivity contribution in [1.82, 2.24) is 35.5 Å². The van der Waals surface area contributed by atoms with Crippen LogP contribution in [0, 0.1) is 5.41 Å². The Morgan fingerprint density at radius 2 is 1.84 bits per heavy atom. The van der Waals surface area contributed by atoms with E-state index in [1.165, 1.54) is 13.8 Å². The van der Waals surface area contributed by atoms with Gasteiger partial charge in [0.15, 0.2) is 17.7 Å². The summed E-state index contributed by atoms with van der Waals surface area (Å²) in [6.45, 7) is 0.514. The molecule has 4 rings (SSSR count). The number of nitrogens with two attached hydrogens (primary N) is 1. The van der Waals surface area contributed by atoms with Crippen molar-refractivity contribution in [3.63, 3.8) is 0 Å². The van der Waals surface area contributed by atoms with Gasteiger partial charge in [-0.3, -0.25) is 37.8 Å². The van der Waals surface area contributed by atoms with Crippen LogP contribution in [-0.4, -0.2) is 140 Å². The highest BCUT2D eigenvalue weighted by atomic mass is 32.2. The Labute approximate surface area is 320 Å². The molecule has 25 nitrogen and oxygen atoms in total. The number of imidazole rings is 1. The fourth-order valence-corrected chi connectivity index (χ4v) is 9.58. The number of anilines is 1. The Kier molecular flexibility index (Phi) is 15.8. The van der Waals surface area contributed by atoms with Crippen molar-refractivity contribution in [2.45, 2.75) is 57.0 Å². The Bertz CT molecular complexity index is 1830. The zero-order valence-corrected chi connectivity index (χ0v) is 33.3. The summed E-state index contributed by atoms with van der Waals surface area (Å²) in [6, 6.07) is -0.220. The molecule has 8 atom stereocenters. The minimum absolute atomic E-state index is 0.0174. The molecule has 0 saturated carbocycles. The molecule has 11 N–H and O–H groups in total. The van der Waals surface area contributed by atoms with Crippen LogP contribution in [0.2, 0.25) is 0 Å². The van der Waals surface area contributed by atoms with E-state index in [-0.39, 0.29) is 47.6 Å². The van der Waals surface area contributed by atoms with Gasteiger partial charge in [0.2, 0.25) is 16.9 Å². The van der Waals surface area contributed by atoms with Gasteiger partial charge < -0.3 is 50.9 Å². The Morgan fingerprint density at radius 1 is 1.13 bits per heavy atom. The highest BCUT2D eigenvalue weighted by Crippen LogP contribution is 2.61. The predicted molar refractivity (Wildman–Crippen MR) is 191 cm³/mol. The van der Waals surface area contributed by atoms with E-state index >= 15 is 0 Å². The van der Waals surface area contributed by atoms with Crippen LogP contribution < -0.4 is 21.7 Å². The number of aliphatic hydroxyl groups excluding tert-OH is 2. The summed E-state index contributed by atoms with van der Waals surface area (Å²) in [4.78, 5) is 87.6. The average molecular weight is 883 g/mol. The lowest BCUT2D eigenvalue weighted by atomic mass is 9.87. The number of nitrogen functional groups attached to an aromatic ring is 1. The van der Waals surface area contributed by atoms with Gasteiger partial charge in [-0.1, -0.05) is 25.6 Å². The molecular weight excluding hydrogens is 841 g/mol. The number of thioether (sulfide) groups is 2. The molecule has 2 aromatic heterocycles. The summed E-state index contributed by atoms with van der Waals surface area (Å²) in [7, 11) is -16.4. The fraction of sp³-hybridized carbons (Fsp3) is 0.680. The van der Waals surface area contributed by atoms with Crippen LogP contribution in [0.1, 0.15) is 26.5 Å².